The molecule has 6 heteroatoms. The zero-order chi connectivity index (χ0) is 14.5. The summed E-state index contributed by atoms with van der Waals surface area (Å²) in [5.41, 5.74) is 1.94. The first-order valence-corrected chi connectivity index (χ1v) is 6.12. The van der Waals surface area contributed by atoms with Crippen LogP contribution in [0.4, 0.5) is 10.2 Å². The largest absolute Gasteiger partial charge is 0.478 e. The van der Waals surface area contributed by atoms with Crippen LogP contribution < -0.4 is 5.32 Å². The predicted octanol–water partition coefficient (Wildman–Crippen LogP) is 2.28. The molecule has 0 saturated carbocycles. The van der Waals surface area contributed by atoms with Crippen LogP contribution in [-0.4, -0.2) is 27.8 Å². The third-order valence-corrected chi connectivity index (χ3v) is 2.94. The van der Waals surface area contributed by atoms with Crippen LogP contribution in [0.2, 0.25) is 0 Å². The van der Waals surface area contributed by atoms with Gasteiger partial charge in [0, 0.05) is 6.54 Å². The van der Waals surface area contributed by atoms with Gasteiger partial charge in [-0.2, -0.15) is 5.10 Å². The molecule has 5 nitrogen and oxygen atoms in total. The van der Waals surface area contributed by atoms with E-state index in [1.54, 1.807) is 6.07 Å². The van der Waals surface area contributed by atoms with Gasteiger partial charge in [-0.3, -0.25) is 0 Å². The lowest BCUT2D eigenvalue weighted by atomic mass is 10.1. The molecule has 0 amide bonds. The van der Waals surface area contributed by atoms with Crippen molar-refractivity contribution in [3.8, 4) is 0 Å². The SMILES string of the molecule is Cc1cc(F)ccc1CCNc1nnccc1C(=O)O. The van der Waals surface area contributed by atoms with Gasteiger partial charge in [0.2, 0.25) is 0 Å². The van der Waals surface area contributed by atoms with Crippen molar-refractivity contribution in [2.45, 2.75) is 13.3 Å². The summed E-state index contributed by atoms with van der Waals surface area (Å²) in [6, 6.07) is 6.00. The normalized spacial score (nSPS) is 10.3. The Balaban J connectivity index is 2.01. The van der Waals surface area contributed by atoms with Gasteiger partial charge in [0.05, 0.1) is 6.20 Å². The zero-order valence-corrected chi connectivity index (χ0v) is 10.9. The lowest BCUT2D eigenvalue weighted by molar-refractivity contribution is 0.0697. The fourth-order valence-corrected chi connectivity index (χ4v) is 1.89. The molecule has 0 atom stereocenters. The fourth-order valence-electron chi connectivity index (χ4n) is 1.89. The Bertz CT molecular complexity index is 632. The molecule has 0 aliphatic carbocycles. The minimum Gasteiger partial charge on any atom is -0.478 e. The van der Waals surface area contributed by atoms with Crippen molar-refractivity contribution in [1.29, 1.82) is 0 Å². The molecule has 1 heterocycles. The second-order valence-electron chi connectivity index (χ2n) is 4.35. The average Bonchev–Trinajstić information content (AvgIpc) is 2.41. The first kappa shape index (κ1) is 13.9. The second-order valence-corrected chi connectivity index (χ2v) is 4.35. The van der Waals surface area contributed by atoms with E-state index in [-0.39, 0.29) is 17.2 Å². The number of hydrogen-bond donors (Lipinski definition) is 2. The molecule has 2 rings (SSSR count). The quantitative estimate of drug-likeness (QED) is 0.875. The lowest BCUT2D eigenvalue weighted by Crippen LogP contribution is -2.12. The van der Waals surface area contributed by atoms with E-state index in [1.165, 1.54) is 24.4 Å². The van der Waals surface area contributed by atoms with Gasteiger partial charge in [-0.15, -0.1) is 5.10 Å². The molecule has 0 spiro atoms. The molecule has 0 bridgehead atoms. The van der Waals surface area contributed by atoms with Crippen LogP contribution in [0.1, 0.15) is 21.5 Å². The number of aromatic nitrogens is 2. The number of aryl methyl sites for hydroxylation is 1. The predicted molar refractivity (Wildman–Crippen MR) is 72.3 cm³/mol. The van der Waals surface area contributed by atoms with Gasteiger partial charge in [0.15, 0.2) is 5.82 Å². The van der Waals surface area contributed by atoms with Crippen molar-refractivity contribution in [3.63, 3.8) is 0 Å². The number of anilines is 1. The van der Waals surface area contributed by atoms with E-state index in [2.05, 4.69) is 15.5 Å². The molecule has 104 valence electrons. The molecule has 0 saturated heterocycles. The summed E-state index contributed by atoms with van der Waals surface area (Å²) in [6.45, 7) is 2.33. The topological polar surface area (TPSA) is 75.1 Å². The van der Waals surface area contributed by atoms with Gasteiger partial charge in [-0.1, -0.05) is 6.07 Å². The minimum atomic E-state index is -1.06. The Morgan fingerprint density at radius 3 is 2.90 bits per heavy atom. The Morgan fingerprint density at radius 1 is 1.40 bits per heavy atom. The second kappa shape index (κ2) is 6.10. The molecule has 1 aromatic carbocycles. The molecule has 0 fully saturated rings. The number of carboxylic acids is 1. The molecule has 2 N–H and O–H groups in total. The summed E-state index contributed by atoms with van der Waals surface area (Å²) in [5, 5.41) is 19.4. The number of hydrogen-bond acceptors (Lipinski definition) is 4. The maximum absolute atomic E-state index is 13.0. The van der Waals surface area contributed by atoms with Crippen LogP contribution in [0.5, 0.6) is 0 Å². The number of aromatic carboxylic acids is 1. The molecule has 20 heavy (non-hydrogen) atoms. The minimum absolute atomic E-state index is 0.0795. The highest BCUT2D eigenvalue weighted by atomic mass is 19.1. The standard InChI is InChI=1S/C14H14FN3O2/c1-9-8-11(15)3-2-10(9)4-6-16-13-12(14(19)20)5-7-17-18-13/h2-3,5,7-8H,4,6H2,1H3,(H,16,18)(H,19,20). The molecule has 0 aliphatic rings. The van der Waals surface area contributed by atoms with Crippen LogP contribution in [-0.2, 0) is 6.42 Å². The smallest absolute Gasteiger partial charge is 0.339 e. The first-order chi connectivity index (χ1) is 9.58. The van der Waals surface area contributed by atoms with Crippen LogP contribution in [0.25, 0.3) is 0 Å². The highest BCUT2D eigenvalue weighted by Crippen LogP contribution is 2.13. The van der Waals surface area contributed by atoms with E-state index in [0.717, 1.165) is 11.1 Å². The molecular formula is C14H14FN3O2. The van der Waals surface area contributed by atoms with Crippen molar-refractivity contribution in [3.05, 3.63) is 53.0 Å². The highest BCUT2D eigenvalue weighted by Gasteiger charge is 2.10. The summed E-state index contributed by atoms with van der Waals surface area (Å²) in [6.07, 6.45) is 1.97. The zero-order valence-electron chi connectivity index (χ0n) is 10.9. The maximum Gasteiger partial charge on any atom is 0.339 e. The van der Waals surface area contributed by atoms with E-state index in [9.17, 15) is 9.18 Å². The molecule has 2 aromatic rings. The Kier molecular flexibility index (Phi) is 4.24. The summed E-state index contributed by atoms with van der Waals surface area (Å²) in [5.74, 6) is -1.08. The number of rotatable bonds is 5. The van der Waals surface area contributed by atoms with Gasteiger partial charge in [0.25, 0.3) is 0 Å². The third-order valence-electron chi connectivity index (χ3n) is 2.94. The summed E-state index contributed by atoms with van der Waals surface area (Å²) in [7, 11) is 0. The first-order valence-electron chi connectivity index (χ1n) is 6.12. The summed E-state index contributed by atoms with van der Waals surface area (Å²) >= 11 is 0. The number of nitrogens with one attached hydrogen (secondary N) is 1. The average molecular weight is 275 g/mol. The van der Waals surface area contributed by atoms with E-state index < -0.39 is 5.97 Å². The van der Waals surface area contributed by atoms with Crippen molar-refractivity contribution in [2.75, 3.05) is 11.9 Å². The number of carbonyl (C=O) groups is 1. The number of benzene rings is 1. The van der Waals surface area contributed by atoms with Gasteiger partial charge < -0.3 is 10.4 Å². The van der Waals surface area contributed by atoms with Crippen LogP contribution in [0, 0.1) is 12.7 Å². The molecule has 0 aliphatic heterocycles. The lowest BCUT2D eigenvalue weighted by Gasteiger charge is -2.09. The van der Waals surface area contributed by atoms with Crippen molar-refractivity contribution >= 4 is 11.8 Å². The van der Waals surface area contributed by atoms with Crippen molar-refractivity contribution in [1.82, 2.24) is 10.2 Å². The van der Waals surface area contributed by atoms with Crippen molar-refractivity contribution < 1.29 is 14.3 Å². The number of carboxylic acid groups (broad SMARTS) is 1. The molecule has 1 aromatic heterocycles. The third kappa shape index (κ3) is 3.28. The number of nitrogens with zero attached hydrogens (tertiary/aromatic N) is 2. The highest BCUT2D eigenvalue weighted by molar-refractivity contribution is 5.92. The summed E-state index contributed by atoms with van der Waals surface area (Å²) in [4.78, 5) is 11.0. The summed E-state index contributed by atoms with van der Waals surface area (Å²) < 4.78 is 13.0. The Hall–Kier alpha value is -2.50. The van der Waals surface area contributed by atoms with E-state index in [0.29, 0.717) is 13.0 Å². The van der Waals surface area contributed by atoms with Gasteiger partial charge in [-0.05, 0) is 42.7 Å². The maximum atomic E-state index is 13.0. The number of halogens is 1. The van der Waals surface area contributed by atoms with E-state index in [1.807, 2.05) is 6.92 Å². The van der Waals surface area contributed by atoms with Crippen LogP contribution in [0.15, 0.2) is 30.5 Å². The molecule has 0 unspecified atom stereocenters. The van der Waals surface area contributed by atoms with Crippen LogP contribution in [0.3, 0.4) is 0 Å². The van der Waals surface area contributed by atoms with E-state index >= 15 is 0 Å². The van der Waals surface area contributed by atoms with Crippen LogP contribution >= 0.6 is 0 Å². The monoisotopic (exact) mass is 275 g/mol. The molecular weight excluding hydrogens is 261 g/mol. The van der Waals surface area contributed by atoms with E-state index in [4.69, 9.17) is 5.11 Å². The fraction of sp³-hybridized carbons (Fsp3) is 0.214. The van der Waals surface area contributed by atoms with Gasteiger partial charge >= 0.3 is 5.97 Å². The Labute approximate surface area is 115 Å². The van der Waals surface area contributed by atoms with Gasteiger partial charge in [-0.25, -0.2) is 9.18 Å². The molecule has 0 radical (unpaired) electrons. The van der Waals surface area contributed by atoms with Crippen molar-refractivity contribution in [2.24, 2.45) is 0 Å². The van der Waals surface area contributed by atoms with Gasteiger partial charge in [0.1, 0.15) is 11.4 Å². The Morgan fingerprint density at radius 2 is 2.20 bits per heavy atom.